The van der Waals surface area contributed by atoms with Crippen LogP contribution in [0.2, 0.25) is 0 Å². The summed E-state index contributed by atoms with van der Waals surface area (Å²) in [5.41, 5.74) is 5.29. The highest BCUT2D eigenvalue weighted by molar-refractivity contribution is 6.12. The van der Waals surface area contributed by atoms with E-state index in [4.69, 9.17) is 19.6 Å². The molecule has 8 heteroatoms. The van der Waals surface area contributed by atoms with Gasteiger partial charge in [-0.2, -0.15) is 0 Å². The molecule has 3 N–H and O–H groups in total. The van der Waals surface area contributed by atoms with Crippen LogP contribution in [-0.4, -0.2) is 31.5 Å². The fourth-order valence-corrected chi connectivity index (χ4v) is 2.26. The van der Waals surface area contributed by atoms with E-state index in [0.29, 0.717) is 5.75 Å². The molecule has 0 bridgehead atoms. The number of primary amides is 1. The van der Waals surface area contributed by atoms with E-state index in [-0.39, 0.29) is 34.9 Å². The number of rotatable bonds is 6. The molecular weight excluding hydrogens is 328 g/mol. The molecular formula is C17H18N2O6. The van der Waals surface area contributed by atoms with Crippen molar-refractivity contribution in [2.45, 2.75) is 13.8 Å². The monoisotopic (exact) mass is 346 g/mol. The van der Waals surface area contributed by atoms with E-state index in [1.54, 1.807) is 25.1 Å². The third-order valence-electron chi connectivity index (χ3n) is 3.37. The lowest BCUT2D eigenvalue weighted by Crippen LogP contribution is -2.20. The summed E-state index contributed by atoms with van der Waals surface area (Å²) in [4.78, 5) is 36.2. The lowest BCUT2D eigenvalue weighted by atomic mass is 10.1. The number of hydrogen-bond acceptors (Lipinski definition) is 6. The van der Waals surface area contributed by atoms with E-state index in [2.05, 4.69) is 5.32 Å². The SMILES string of the molecule is CCOC(=O)c1c(C)oc(NC(=O)c2cccc(OC)c2)c1C(N)=O. The topological polar surface area (TPSA) is 121 Å². The molecule has 2 amide bonds. The zero-order chi connectivity index (χ0) is 18.6. The van der Waals surface area contributed by atoms with Crippen molar-refractivity contribution in [2.24, 2.45) is 5.73 Å². The number of carbonyl (C=O) groups excluding carboxylic acids is 3. The maximum atomic E-state index is 12.4. The highest BCUT2D eigenvalue weighted by Crippen LogP contribution is 2.28. The average Bonchev–Trinajstić information content (AvgIpc) is 2.91. The van der Waals surface area contributed by atoms with Crippen LogP contribution in [0, 0.1) is 6.92 Å². The van der Waals surface area contributed by atoms with Crippen LogP contribution in [-0.2, 0) is 4.74 Å². The summed E-state index contributed by atoms with van der Waals surface area (Å²) in [6.45, 7) is 3.22. The van der Waals surface area contributed by atoms with E-state index in [1.165, 1.54) is 20.1 Å². The van der Waals surface area contributed by atoms with Crippen LogP contribution in [0.3, 0.4) is 0 Å². The molecule has 132 valence electrons. The molecule has 2 aromatic rings. The van der Waals surface area contributed by atoms with Crippen molar-refractivity contribution in [3.05, 3.63) is 46.7 Å². The van der Waals surface area contributed by atoms with E-state index in [0.717, 1.165) is 0 Å². The number of nitrogens with two attached hydrogens (primary N) is 1. The van der Waals surface area contributed by atoms with Crippen LogP contribution in [0.25, 0.3) is 0 Å². The van der Waals surface area contributed by atoms with Crippen molar-refractivity contribution in [1.29, 1.82) is 0 Å². The Balaban J connectivity index is 2.39. The molecule has 0 atom stereocenters. The van der Waals surface area contributed by atoms with E-state index in [9.17, 15) is 14.4 Å². The second-order valence-corrected chi connectivity index (χ2v) is 5.01. The first-order chi connectivity index (χ1) is 11.9. The number of carbonyl (C=O) groups is 3. The van der Waals surface area contributed by atoms with Gasteiger partial charge in [0.25, 0.3) is 11.8 Å². The lowest BCUT2D eigenvalue weighted by Gasteiger charge is -2.06. The Hall–Kier alpha value is -3.29. The Morgan fingerprint density at radius 1 is 1.24 bits per heavy atom. The number of benzene rings is 1. The minimum atomic E-state index is -0.916. The van der Waals surface area contributed by atoms with Crippen LogP contribution < -0.4 is 15.8 Å². The van der Waals surface area contributed by atoms with Crippen LogP contribution in [0.4, 0.5) is 5.88 Å². The van der Waals surface area contributed by atoms with Gasteiger partial charge in [0.15, 0.2) is 0 Å². The predicted molar refractivity (Wildman–Crippen MR) is 88.9 cm³/mol. The molecule has 1 heterocycles. The standard InChI is InChI=1S/C17H18N2O6/c1-4-24-17(22)12-9(2)25-16(13(12)14(18)20)19-15(21)10-6-5-7-11(8-10)23-3/h5-8H,4H2,1-3H3,(H2,18,20)(H,19,21). The Morgan fingerprint density at radius 3 is 2.56 bits per heavy atom. The van der Waals surface area contributed by atoms with Gasteiger partial charge in [-0.25, -0.2) is 4.79 Å². The van der Waals surface area contributed by atoms with Gasteiger partial charge in [0, 0.05) is 5.56 Å². The third kappa shape index (κ3) is 3.79. The summed E-state index contributed by atoms with van der Waals surface area (Å²) in [6.07, 6.45) is 0. The van der Waals surface area contributed by atoms with Gasteiger partial charge in [0.1, 0.15) is 22.6 Å². The molecule has 8 nitrogen and oxygen atoms in total. The second kappa shape index (κ2) is 7.52. The van der Waals surface area contributed by atoms with Gasteiger partial charge < -0.3 is 19.6 Å². The van der Waals surface area contributed by atoms with Gasteiger partial charge in [-0.1, -0.05) is 6.07 Å². The third-order valence-corrected chi connectivity index (χ3v) is 3.37. The molecule has 0 saturated carbocycles. The fourth-order valence-electron chi connectivity index (χ4n) is 2.26. The summed E-state index contributed by atoms with van der Waals surface area (Å²) >= 11 is 0. The number of hydrogen-bond donors (Lipinski definition) is 2. The van der Waals surface area contributed by atoms with Crippen molar-refractivity contribution in [2.75, 3.05) is 19.0 Å². The predicted octanol–water partition coefficient (Wildman–Crippen LogP) is 2.12. The molecule has 1 aromatic carbocycles. The van der Waals surface area contributed by atoms with Crippen molar-refractivity contribution in [3.63, 3.8) is 0 Å². The summed E-state index contributed by atoms with van der Waals surface area (Å²) in [5.74, 6) is -1.81. The van der Waals surface area contributed by atoms with Gasteiger partial charge >= 0.3 is 5.97 Å². The number of nitrogens with one attached hydrogen (secondary N) is 1. The summed E-state index contributed by atoms with van der Waals surface area (Å²) in [5, 5.41) is 2.45. The van der Waals surface area contributed by atoms with E-state index < -0.39 is 17.8 Å². The lowest BCUT2D eigenvalue weighted by molar-refractivity contribution is 0.0521. The minimum absolute atomic E-state index is 0.102. The molecule has 0 aliphatic rings. The molecule has 0 radical (unpaired) electrons. The highest BCUT2D eigenvalue weighted by Gasteiger charge is 2.29. The van der Waals surface area contributed by atoms with Crippen molar-refractivity contribution in [3.8, 4) is 5.75 Å². The second-order valence-electron chi connectivity index (χ2n) is 5.01. The molecule has 2 rings (SSSR count). The molecule has 1 aromatic heterocycles. The van der Waals surface area contributed by atoms with Crippen molar-refractivity contribution < 1.29 is 28.3 Å². The number of furan rings is 1. The van der Waals surface area contributed by atoms with Crippen molar-refractivity contribution >= 4 is 23.7 Å². The quantitative estimate of drug-likeness (QED) is 0.773. The Labute approximate surface area is 143 Å². The first-order valence-electron chi connectivity index (χ1n) is 7.44. The molecule has 25 heavy (non-hydrogen) atoms. The molecule has 0 fully saturated rings. The van der Waals surface area contributed by atoms with E-state index in [1.807, 2.05) is 0 Å². The summed E-state index contributed by atoms with van der Waals surface area (Å²) in [6, 6.07) is 6.40. The first-order valence-corrected chi connectivity index (χ1v) is 7.44. The number of ether oxygens (including phenoxy) is 2. The molecule has 0 unspecified atom stereocenters. The van der Waals surface area contributed by atoms with Gasteiger partial charge in [0.2, 0.25) is 5.88 Å². The number of anilines is 1. The fraction of sp³-hybridized carbons (Fsp3) is 0.235. The highest BCUT2D eigenvalue weighted by atomic mass is 16.5. The number of amides is 2. The van der Waals surface area contributed by atoms with Crippen LogP contribution in [0.1, 0.15) is 43.8 Å². The summed E-state index contributed by atoms with van der Waals surface area (Å²) in [7, 11) is 1.48. The number of esters is 1. The molecule has 0 saturated heterocycles. The van der Waals surface area contributed by atoms with Crippen LogP contribution in [0.15, 0.2) is 28.7 Å². The maximum absolute atomic E-state index is 12.4. The van der Waals surface area contributed by atoms with Crippen molar-refractivity contribution in [1.82, 2.24) is 0 Å². The Morgan fingerprint density at radius 2 is 1.96 bits per heavy atom. The Bertz CT molecular complexity index is 825. The van der Waals surface area contributed by atoms with Gasteiger partial charge in [-0.3, -0.25) is 14.9 Å². The minimum Gasteiger partial charge on any atom is -0.497 e. The largest absolute Gasteiger partial charge is 0.497 e. The zero-order valence-electron chi connectivity index (χ0n) is 14.0. The first kappa shape index (κ1) is 18.1. The van der Waals surface area contributed by atoms with Gasteiger partial charge in [-0.15, -0.1) is 0 Å². The molecule has 0 aliphatic heterocycles. The maximum Gasteiger partial charge on any atom is 0.342 e. The average molecular weight is 346 g/mol. The number of methoxy groups -OCH3 is 1. The summed E-state index contributed by atoms with van der Waals surface area (Å²) < 4.78 is 15.3. The van der Waals surface area contributed by atoms with Gasteiger partial charge in [-0.05, 0) is 32.0 Å². The molecule has 0 spiro atoms. The molecule has 0 aliphatic carbocycles. The van der Waals surface area contributed by atoms with Gasteiger partial charge in [0.05, 0.1) is 13.7 Å². The van der Waals surface area contributed by atoms with Crippen LogP contribution >= 0.6 is 0 Å². The smallest absolute Gasteiger partial charge is 0.342 e. The van der Waals surface area contributed by atoms with Crippen LogP contribution in [0.5, 0.6) is 5.75 Å². The van der Waals surface area contributed by atoms with E-state index >= 15 is 0 Å². The normalized spacial score (nSPS) is 10.2. The zero-order valence-corrected chi connectivity index (χ0v) is 14.0. The Kier molecular flexibility index (Phi) is 5.43. The number of aryl methyl sites for hydroxylation is 1.